The minimum atomic E-state index is -0.752. The predicted molar refractivity (Wildman–Crippen MR) is 64.4 cm³/mol. The molecular weight excluding hydrogens is 202 g/mol. The number of benzene rings is 1. The SMILES string of the molecule is CCC(C(=O)O)N(C)Cc1cccc(C)c1. The van der Waals surface area contributed by atoms with Crippen molar-refractivity contribution < 1.29 is 9.90 Å². The lowest BCUT2D eigenvalue weighted by molar-refractivity contribution is -0.143. The number of carboxylic acid groups (broad SMARTS) is 1. The monoisotopic (exact) mass is 221 g/mol. The van der Waals surface area contributed by atoms with E-state index in [1.165, 1.54) is 5.56 Å². The van der Waals surface area contributed by atoms with Crippen molar-refractivity contribution in [2.24, 2.45) is 0 Å². The van der Waals surface area contributed by atoms with Crippen LogP contribution in [0.1, 0.15) is 24.5 Å². The molecule has 0 fully saturated rings. The zero-order chi connectivity index (χ0) is 12.1. The molecule has 16 heavy (non-hydrogen) atoms. The van der Waals surface area contributed by atoms with Crippen molar-refractivity contribution in [3.8, 4) is 0 Å². The molecule has 1 unspecified atom stereocenters. The van der Waals surface area contributed by atoms with Crippen LogP contribution in [0.5, 0.6) is 0 Å². The summed E-state index contributed by atoms with van der Waals surface area (Å²) in [6, 6.07) is 7.75. The number of likely N-dealkylation sites (N-methyl/N-ethyl adjacent to an activating group) is 1. The highest BCUT2D eigenvalue weighted by Crippen LogP contribution is 2.10. The van der Waals surface area contributed by atoms with Crippen molar-refractivity contribution in [3.05, 3.63) is 35.4 Å². The lowest BCUT2D eigenvalue weighted by Crippen LogP contribution is -2.37. The van der Waals surface area contributed by atoms with Crippen LogP contribution in [-0.4, -0.2) is 29.1 Å². The third-order valence-corrected chi connectivity index (χ3v) is 2.72. The van der Waals surface area contributed by atoms with Crippen LogP contribution in [0.4, 0.5) is 0 Å². The molecule has 0 aliphatic heterocycles. The first-order chi connectivity index (χ1) is 7.54. The van der Waals surface area contributed by atoms with Crippen LogP contribution in [0.3, 0.4) is 0 Å². The van der Waals surface area contributed by atoms with Gasteiger partial charge in [-0.05, 0) is 26.0 Å². The van der Waals surface area contributed by atoms with Crippen LogP contribution in [0.15, 0.2) is 24.3 Å². The summed E-state index contributed by atoms with van der Waals surface area (Å²) >= 11 is 0. The Labute approximate surface area is 96.7 Å². The van der Waals surface area contributed by atoms with Gasteiger partial charge in [0.2, 0.25) is 0 Å². The Morgan fingerprint density at radius 2 is 2.19 bits per heavy atom. The Hall–Kier alpha value is -1.35. The molecule has 0 aliphatic rings. The van der Waals surface area contributed by atoms with E-state index in [1.54, 1.807) is 0 Å². The summed E-state index contributed by atoms with van der Waals surface area (Å²) in [5, 5.41) is 9.03. The fourth-order valence-corrected chi connectivity index (χ4v) is 1.88. The fourth-order valence-electron chi connectivity index (χ4n) is 1.88. The molecule has 0 aromatic heterocycles. The van der Waals surface area contributed by atoms with Crippen molar-refractivity contribution in [3.63, 3.8) is 0 Å². The summed E-state index contributed by atoms with van der Waals surface area (Å²) in [7, 11) is 1.85. The highest BCUT2D eigenvalue weighted by Gasteiger charge is 2.20. The van der Waals surface area contributed by atoms with E-state index in [-0.39, 0.29) is 0 Å². The van der Waals surface area contributed by atoms with Gasteiger partial charge in [-0.15, -0.1) is 0 Å². The fraction of sp³-hybridized carbons (Fsp3) is 0.462. The predicted octanol–water partition coefficient (Wildman–Crippen LogP) is 2.29. The van der Waals surface area contributed by atoms with Crippen molar-refractivity contribution in [2.45, 2.75) is 32.9 Å². The standard InChI is InChI=1S/C13H19NO2/c1-4-12(13(15)16)14(3)9-11-7-5-6-10(2)8-11/h5-8,12H,4,9H2,1-3H3,(H,15,16). The maximum Gasteiger partial charge on any atom is 0.320 e. The van der Waals surface area contributed by atoms with Crippen LogP contribution < -0.4 is 0 Å². The van der Waals surface area contributed by atoms with Crippen LogP contribution in [0.25, 0.3) is 0 Å². The molecule has 0 heterocycles. The lowest BCUT2D eigenvalue weighted by atomic mass is 10.1. The molecule has 0 saturated carbocycles. The van der Waals surface area contributed by atoms with E-state index in [0.29, 0.717) is 13.0 Å². The number of carboxylic acids is 1. The van der Waals surface area contributed by atoms with Gasteiger partial charge in [-0.3, -0.25) is 9.69 Å². The van der Waals surface area contributed by atoms with Gasteiger partial charge in [-0.2, -0.15) is 0 Å². The van der Waals surface area contributed by atoms with Gasteiger partial charge in [0, 0.05) is 6.54 Å². The summed E-state index contributed by atoms with van der Waals surface area (Å²) in [5.74, 6) is -0.752. The molecule has 0 bridgehead atoms. The van der Waals surface area contributed by atoms with Crippen LogP contribution in [0, 0.1) is 6.92 Å². The van der Waals surface area contributed by atoms with E-state index in [9.17, 15) is 4.79 Å². The lowest BCUT2D eigenvalue weighted by Gasteiger charge is -2.23. The van der Waals surface area contributed by atoms with E-state index in [0.717, 1.165) is 5.56 Å². The van der Waals surface area contributed by atoms with Gasteiger partial charge in [0.05, 0.1) is 0 Å². The maximum absolute atomic E-state index is 11.0. The number of hydrogen-bond acceptors (Lipinski definition) is 2. The molecular formula is C13H19NO2. The Bertz CT molecular complexity index is 363. The highest BCUT2D eigenvalue weighted by atomic mass is 16.4. The zero-order valence-corrected chi connectivity index (χ0v) is 10.1. The average Bonchev–Trinajstić information content (AvgIpc) is 2.17. The Morgan fingerprint density at radius 3 is 2.69 bits per heavy atom. The van der Waals surface area contributed by atoms with E-state index >= 15 is 0 Å². The second-order valence-electron chi connectivity index (χ2n) is 4.17. The van der Waals surface area contributed by atoms with Crippen LogP contribution in [-0.2, 0) is 11.3 Å². The van der Waals surface area contributed by atoms with Gasteiger partial charge >= 0.3 is 5.97 Å². The molecule has 0 saturated heterocycles. The Morgan fingerprint density at radius 1 is 1.50 bits per heavy atom. The van der Waals surface area contributed by atoms with Crippen molar-refractivity contribution in [1.82, 2.24) is 4.90 Å². The maximum atomic E-state index is 11.0. The molecule has 0 amide bonds. The molecule has 1 aromatic rings. The summed E-state index contributed by atoms with van der Waals surface area (Å²) in [5.41, 5.74) is 2.36. The summed E-state index contributed by atoms with van der Waals surface area (Å²) < 4.78 is 0. The zero-order valence-electron chi connectivity index (χ0n) is 10.1. The second-order valence-corrected chi connectivity index (χ2v) is 4.17. The molecule has 1 atom stereocenters. The number of rotatable bonds is 5. The molecule has 0 spiro atoms. The number of carbonyl (C=O) groups is 1. The number of hydrogen-bond donors (Lipinski definition) is 1. The summed E-state index contributed by atoms with van der Waals surface area (Å²) in [4.78, 5) is 12.9. The minimum Gasteiger partial charge on any atom is -0.480 e. The smallest absolute Gasteiger partial charge is 0.320 e. The van der Waals surface area contributed by atoms with Crippen molar-refractivity contribution in [1.29, 1.82) is 0 Å². The molecule has 0 radical (unpaired) electrons. The van der Waals surface area contributed by atoms with Gasteiger partial charge < -0.3 is 5.11 Å². The third kappa shape index (κ3) is 3.35. The Kier molecular flexibility index (Phi) is 4.50. The largest absolute Gasteiger partial charge is 0.480 e. The number of nitrogens with zero attached hydrogens (tertiary/aromatic N) is 1. The first-order valence-corrected chi connectivity index (χ1v) is 5.53. The van der Waals surface area contributed by atoms with E-state index < -0.39 is 12.0 Å². The quantitative estimate of drug-likeness (QED) is 0.829. The number of aryl methyl sites for hydroxylation is 1. The molecule has 1 N–H and O–H groups in total. The van der Waals surface area contributed by atoms with Crippen molar-refractivity contribution in [2.75, 3.05) is 7.05 Å². The third-order valence-electron chi connectivity index (χ3n) is 2.72. The number of aliphatic carboxylic acids is 1. The second kappa shape index (κ2) is 5.66. The van der Waals surface area contributed by atoms with Crippen LogP contribution >= 0.6 is 0 Å². The van der Waals surface area contributed by atoms with Gasteiger partial charge in [0.25, 0.3) is 0 Å². The van der Waals surface area contributed by atoms with Gasteiger partial charge in [-0.25, -0.2) is 0 Å². The van der Waals surface area contributed by atoms with Crippen LogP contribution in [0.2, 0.25) is 0 Å². The molecule has 1 aromatic carbocycles. The topological polar surface area (TPSA) is 40.5 Å². The Balaban J connectivity index is 2.69. The summed E-state index contributed by atoms with van der Waals surface area (Å²) in [6.45, 7) is 4.61. The molecule has 1 rings (SSSR count). The molecule has 88 valence electrons. The molecule has 0 aliphatic carbocycles. The van der Waals surface area contributed by atoms with Gasteiger partial charge in [0.15, 0.2) is 0 Å². The first kappa shape index (κ1) is 12.7. The average molecular weight is 221 g/mol. The first-order valence-electron chi connectivity index (χ1n) is 5.53. The minimum absolute atomic E-state index is 0.402. The van der Waals surface area contributed by atoms with E-state index in [4.69, 9.17) is 5.11 Å². The van der Waals surface area contributed by atoms with E-state index in [1.807, 2.05) is 44.0 Å². The van der Waals surface area contributed by atoms with Gasteiger partial charge in [-0.1, -0.05) is 36.8 Å². The van der Waals surface area contributed by atoms with E-state index in [2.05, 4.69) is 6.07 Å². The normalized spacial score (nSPS) is 12.8. The summed E-state index contributed by atoms with van der Waals surface area (Å²) in [6.07, 6.45) is 0.623. The molecule has 3 nitrogen and oxygen atoms in total. The van der Waals surface area contributed by atoms with Gasteiger partial charge in [0.1, 0.15) is 6.04 Å². The highest BCUT2D eigenvalue weighted by molar-refractivity contribution is 5.73. The molecule has 3 heteroatoms. The van der Waals surface area contributed by atoms with Crippen molar-refractivity contribution >= 4 is 5.97 Å².